The van der Waals surface area contributed by atoms with E-state index in [1.165, 1.54) is 23.6 Å². The Labute approximate surface area is 134 Å². The zero-order chi connectivity index (χ0) is 14.7. The van der Waals surface area contributed by atoms with Crippen LogP contribution in [0.25, 0.3) is 10.8 Å². The Morgan fingerprint density at radius 1 is 1.10 bits per heavy atom. The number of β-amino-alcohol motifs (C(OH)–C–C–N with tert-alkyl or cyclic N) is 1. The summed E-state index contributed by atoms with van der Waals surface area (Å²) >= 11 is 3.49. The van der Waals surface area contributed by atoms with E-state index in [-0.39, 0.29) is 6.10 Å². The van der Waals surface area contributed by atoms with Gasteiger partial charge in [0.1, 0.15) is 0 Å². The first-order valence-electron chi connectivity index (χ1n) is 7.54. The third-order valence-electron chi connectivity index (χ3n) is 4.01. The molecule has 1 unspecified atom stereocenters. The quantitative estimate of drug-likeness (QED) is 0.868. The molecule has 1 heterocycles. The van der Waals surface area contributed by atoms with Gasteiger partial charge in [-0.05, 0) is 61.0 Å². The number of anilines is 1. The minimum absolute atomic E-state index is 0.316. The molecule has 3 nitrogen and oxygen atoms in total. The predicted molar refractivity (Wildman–Crippen MR) is 91.8 cm³/mol. The van der Waals surface area contributed by atoms with E-state index in [0.717, 1.165) is 29.8 Å². The number of benzene rings is 2. The van der Waals surface area contributed by atoms with Crippen molar-refractivity contribution in [3.63, 3.8) is 0 Å². The molecule has 2 aromatic rings. The zero-order valence-corrected chi connectivity index (χ0v) is 13.6. The number of aliphatic hydroxyl groups excluding tert-OH is 1. The zero-order valence-electron chi connectivity index (χ0n) is 12.1. The fourth-order valence-electron chi connectivity index (χ4n) is 2.89. The molecule has 0 bridgehead atoms. The van der Waals surface area contributed by atoms with Crippen LogP contribution < -0.4 is 5.32 Å². The molecule has 0 saturated carbocycles. The summed E-state index contributed by atoms with van der Waals surface area (Å²) in [7, 11) is 0. The first-order valence-corrected chi connectivity index (χ1v) is 8.33. The van der Waals surface area contributed by atoms with E-state index in [0.29, 0.717) is 6.54 Å². The molecule has 1 fully saturated rings. The Morgan fingerprint density at radius 3 is 2.62 bits per heavy atom. The van der Waals surface area contributed by atoms with Crippen LogP contribution in [0.5, 0.6) is 0 Å². The minimum Gasteiger partial charge on any atom is -0.390 e. The molecule has 0 aliphatic carbocycles. The molecule has 2 aromatic carbocycles. The molecule has 0 spiro atoms. The highest BCUT2D eigenvalue weighted by atomic mass is 79.9. The summed E-state index contributed by atoms with van der Waals surface area (Å²) in [5, 5.41) is 15.9. The van der Waals surface area contributed by atoms with E-state index in [9.17, 15) is 5.11 Å². The van der Waals surface area contributed by atoms with Crippen LogP contribution in [0.15, 0.2) is 40.9 Å². The monoisotopic (exact) mass is 348 g/mol. The molecule has 0 radical (unpaired) electrons. The number of nitrogens with one attached hydrogen (secondary N) is 1. The molecule has 1 aliphatic heterocycles. The van der Waals surface area contributed by atoms with Crippen LogP contribution >= 0.6 is 15.9 Å². The molecule has 0 aromatic heterocycles. The fourth-order valence-corrected chi connectivity index (χ4v) is 3.27. The minimum atomic E-state index is -0.316. The summed E-state index contributed by atoms with van der Waals surface area (Å²) in [4.78, 5) is 2.34. The van der Waals surface area contributed by atoms with Crippen molar-refractivity contribution in [2.45, 2.75) is 18.9 Å². The van der Waals surface area contributed by atoms with E-state index >= 15 is 0 Å². The normalized spacial score (nSPS) is 17.2. The van der Waals surface area contributed by atoms with Crippen LogP contribution in [0.3, 0.4) is 0 Å². The molecule has 112 valence electrons. The Balaban J connectivity index is 1.58. The third kappa shape index (κ3) is 3.96. The first kappa shape index (κ1) is 14.8. The first-order chi connectivity index (χ1) is 10.2. The van der Waals surface area contributed by atoms with Crippen LogP contribution in [0.1, 0.15) is 12.8 Å². The maximum atomic E-state index is 10.1. The third-order valence-corrected chi connectivity index (χ3v) is 4.50. The predicted octanol–water partition coefficient (Wildman–Crippen LogP) is 3.47. The number of hydrogen-bond acceptors (Lipinski definition) is 3. The van der Waals surface area contributed by atoms with Gasteiger partial charge in [0.05, 0.1) is 6.10 Å². The Bertz CT molecular complexity index is 611. The lowest BCUT2D eigenvalue weighted by Crippen LogP contribution is -2.34. The number of rotatable bonds is 5. The second kappa shape index (κ2) is 6.77. The van der Waals surface area contributed by atoms with Gasteiger partial charge in [-0.25, -0.2) is 0 Å². The summed E-state index contributed by atoms with van der Waals surface area (Å²) in [6.45, 7) is 3.62. The fraction of sp³-hybridized carbons (Fsp3) is 0.412. The van der Waals surface area contributed by atoms with Crippen LogP contribution in [-0.2, 0) is 0 Å². The van der Waals surface area contributed by atoms with Gasteiger partial charge in [0.25, 0.3) is 0 Å². The highest BCUT2D eigenvalue weighted by molar-refractivity contribution is 9.10. The summed E-state index contributed by atoms with van der Waals surface area (Å²) in [5.41, 5.74) is 1.06. The number of nitrogens with zero attached hydrogens (tertiary/aromatic N) is 1. The molecular weight excluding hydrogens is 328 g/mol. The largest absolute Gasteiger partial charge is 0.390 e. The summed E-state index contributed by atoms with van der Waals surface area (Å²) in [5.74, 6) is 0. The van der Waals surface area contributed by atoms with Gasteiger partial charge < -0.3 is 15.3 Å². The summed E-state index contributed by atoms with van der Waals surface area (Å²) in [6, 6.07) is 12.6. The molecule has 0 amide bonds. The second-order valence-electron chi connectivity index (χ2n) is 5.75. The lowest BCUT2D eigenvalue weighted by Gasteiger charge is -2.20. The lowest BCUT2D eigenvalue weighted by atomic mass is 10.1. The van der Waals surface area contributed by atoms with Crippen molar-refractivity contribution < 1.29 is 5.11 Å². The van der Waals surface area contributed by atoms with Gasteiger partial charge in [0.2, 0.25) is 0 Å². The van der Waals surface area contributed by atoms with Crippen molar-refractivity contribution >= 4 is 32.4 Å². The van der Waals surface area contributed by atoms with E-state index in [2.05, 4.69) is 56.5 Å². The lowest BCUT2D eigenvalue weighted by molar-refractivity contribution is 0.135. The number of aliphatic hydroxyl groups is 1. The Kier molecular flexibility index (Phi) is 4.78. The Hall–Kier alpha value is -1.10. The standard InChI is InChI=1S/C17H21BrN2O/c18-15-5-3-14-10-16(6-4-13(14)9-15)19-11-17(21)12-20-7-1-2-8-20/h3-6,9-10,17,19,21H,1-2,7-8,11-12H2. The van der Waals surface area contributed by atoms with Gasteiger partial charge in [0.15, 0.2) is 0 Å². The second-order valence-corrected chi connectivity index (χ2v) is 6.66. The SMILES string of the molecule is OC(CNc1ccc2cc(Br)ccc2c1)CN1CCCC1. The number of fused-ring (bicyclic) bond motifs is 1. The highest BCUT2D eigenvalue weighted by Crippen LogP contribution is 2.23. The van der Waals surface area contributed by atoms with Crippen LogP contribution in [0.4, 0.5) is 5.69 Å². The van der Waals surface area contributed by atoms with E-state index in [4.69, 9.17) is 0 Å². The van der Waals surface area contributed by atoms with Crippen molar-refractivity contribution in [3.05, 3.63) is 40.9 Å². The van der Waals surface area contributed by atoms with E-state index in [1.807, 2.05) is 6.07 Å². The average Bonchev–Trinajstić information content (AvgIpc) is 2.98. The highest BCUT2D eigenvalue weighted by Gasteiger charge is 2.15. The van der Waals surface area contributed by atoms with E-state index < -0.39 is 0 Å². The van der Waals surface area contributed by atoms with Crippen molar-refractivity contribution in [2.75, 3.05) is 31.5 Å². The van der Waals surface area contributed by atoms with Gasteiger partial charge in [-0.3, -0.25) is 0 Å². The van der Waals surface area contributed by atoms with Gasteiger partial charge in [-0.2, -0.15) is 0 Å². The average molecular weight is 349 g/mol. The number of halogens is 1. The van der Waals surface area contributed by atoms with Crippen molar-refractivity contribution in [1.29, 1.82) is 0 Å². The van der Waals surface area contributed by atoms with Crippen molar-refractivity contribution in [2.24, 2.45) is 0 Å². The van der Waals surface area contributed by atoms with Crippen molar-refractivity contribution in [1.82, 2.24) is 4.90 Å². The smallest absolute Gasteiger partial charge is 0.0839 e. The maximum absolute atomic E-state index is 10.1. The van der Waals surface area contributed by atoms with Gasteiger partial charge in [-0.15, -0.1) is 0 Å². The summed E-state index contributed by atoms with van der Waals surface area (Å²) in [6.07, 6.45) is 2.21. The molecular formula is C17H21BrN2O. The Morgan fingerprint density at radius 2 is 1.81 bits per heavy atom. The number of hydrogen-bond donors (Lipinski definition) is 2. The molecule has 4 heteroatoms. The molecule has 3 rings (SSSR count). The van der Waals surface area contributed by atoms with Crippen LogP contribution in [-0.4, -0.2) is 42.3 Å². The van der Waals surface area contributed by atoms with Crippen LogP contribution in [0, 0.1) is 0 Å². The number of likely N-dealkylation sites (tertiary alicyclic amines) is 1. The van der Waals surface area contributed by atoms with Gasteiger partial charge >= 0.3 is 0 Å². The molecule has 1 saturated heterocycles. The topological polar surface area (TPSA) is 35.5 Å². The summed E-state index contributed by atoms with van der Waals surface area (Å²) < 4.78 is 1.09. The molecule has 2 N–H and O–H groups in total. The molecule has 21 heavy (non-hydrogen) atoms. The van der Waals surface area contributed by atoms with E-state index in [1.54, 1.807) is 0 Å². The maximum Gasteiger partial charge on any atom is 0.0839 e. The van der Waals surface area contributed by atoms with Crippen LogP contribution in [0.2, 0.25) is 0 Å². The molecule has 1 aliphatic rings. The molecule has 1 atom stereocenters. The van der Waals surface area contributed by atoms with Gasteiger partial charge in [0, 0.05) is 23.2 Å². The van der Waals surface area contributed by atoms with Gasteiger partial charge in [-0.1, -0.05) is 28.1 Å². The van der Waals surface area contributed by atoms with Crippen molar-refractivity contribution in [3.8, 4) is 0 Å².